The van der Waals surface area contributed by atoms with Crippen LogP contribution in [0.25, 0.3) is 21.8 Å². The van der Waals surface area contributed by atoms with E-state index in [1.165, 1.54) is 11.8 Å². The number of hydrogen-bond acceptors (Lipinski definition) is 5. The first kappa shape index (κ1) is 21.2. The minimum Gasteiger partial charge on any atom is -0.438 e. The summed E-state index contributed by atoms with van der Waals surface area (Å²) in [7, 11) is 0. The van der Waals surface area contributed by atoms with Crippen molar-refractivity contribution in [1.29, 1.82) is 0 Å². The van der Waals surface area contributed by atoms with Crippen LogP contribution in [0.2, 0.25) is 0 Å². The first-order chi connectivity index (χ1) is 17.3. The van der Waals surface area contributed by atoms with Crippen molar-refractivity contribution in [3.8, 4) is 23.3 Å². The van der Waals surface area contributed by atoms with E-state index in [1.54, 1.807) is 0 Å². The molecule has 35 heavy (non-hydrogen) atoms. The Hall–Kier alpha value is -4.35. The number of rotatable bonds is 6. The van der Waals surface area contributed by atoms with Gasteiger partial charge >= 0.3 is 0 Å². The molecule has 0 saturated carbocycles. The van der Waals surface area contributed by atoms with Crippen LogP contribution in [0.5, 0.6) is 23.3 Å². The van der Waals surface area contributed by atoms with Gasteiger partial charge in [0, 0.05) is 10.8 Å². The molecule has 0 unspecified atom stereocenters. The highest BCUT2D eigenvalue weighted by molar-refractivity contribution is 7.99. The summed E-state index contributed by atoms with van der Waals surface area (Å²) in [5.74, 6) is 2.54. The van der Waals surface area contributed by atoms with Crippen LogP contribution >= 0.6 is 11.8 Å². The number of para-hydroxylation sites is 4. The molecule has 0 amide bonds. The SMILES string of the molecule is c1ccc(Oc2nc3ccccc3cc2Sc2cc3ccccc3nc2Oc2ccccc2)cc1. The van der Waals surface area contributed by atoms with Crippen LogP contribution in [0.3, 0.4) is 0 Å². The van der Waals surface area contributed by atoms with Crippen molar-refractivity contribution in [2.75, 3.05) is 0 Å². The molecule has 4 aromatic carbocycles. The highest BCUT2D eigenvalue weighted by Crippen LogP contribution is 2.43. The lowest BCUT2D eigenvalue weighted by Crippen LogP contribution is -1.94. The van der Waals surface area contributed by atoms with E-state index in [9.17, 15) is 0 Å². The maximum absolute atomic E-state index is 6.24. The van der Waals surface area contributed by atoms with Gasteiger partial charge in [-0.05, 0) is 48.5 Å². The van der Waals surface area contributed by atoms with Gasteiger partial charge in [0.05, 0.1) is 20.8 Å². The van der Waals surface area contributed by atoms with Crippen LogP contribution in [0, 0.1) is 0 Å². The number of pyridine rings is 2. The van der Waals surface area contributed by atoms with Gasteiger partial charge in [0.1, 0.15) is 11.5 Å². The zero-order valence-corrected chi connectivity index (χ0v) is 19.5. The number of benzene rings is 4. The van der Waals surface area contributed by atoms with Gasteiger partial charge in [-0.3, -0.25) is 0 Å². The Morgan fingerprint density at radius 1 is 0.457 bits per heavy atom. The molecular weight excluding hydrogens is 452 g/mol. The first-order valence-corrected chi connectivity index (χ1v) is 12.1. The fraction of sp³-hybridized carbons (Fsp3) is 0. The van der Waals surface area contributed by atoms with Crippen LogP contribution in [0.1, 0.15) is 0 Å². The van der Waals surface area contributed by atoms with Crippen LogP contribution in [-0.4, -0.2) is 9.97 Å². The number of aromatic nitrogens is 2. The van der Waals surface area contributed by atoms with Gasteiger partial charge < -0.3 is 9.47 Å². The second kappa shape index (κ2) is 9.49. The van der Waals surface area contributed by atoms with Crippen molar-refractivity contribution in [2.24, 2.45) is 0 Å². The van der Waals surface area contributed by atoms with Crippen molar-refractivity contribution in [1.82, 2.24) is 9.97 Å². The molecule has 4 nitrogen and oxygen atoms in total. The fourth-order valence-electron chi connectivity index (χ4n) is 3.77. The molecule has 0 fully saturated rings. The number of nitrogens with zero attached hydrogens (tertiary/aromatic N) is 2. The van der Waals surface area contributed by atoms with Crippen molar-refractivity contribution in [2.45, 2.75) is 9.79 Å². The van der Waals surface area contributed by atoms with Gasteiger partial charge in [0.2, 0.25) is 11.8 Å². The monoisotopic (exact) mass is 472 g/mol. The summed E-state index contributed by atoms with van der Waals surface area (Å²) in [5, 5.41) is 2.07. The van der Waals surface area contributed by atoms with E-state index < -0.39 is 0 Å². The van der Waals surface area contributed by atoms with E-state index >= 15 is 0 Å². The summed E-state index contributed by atoms with van der Waals surface area (Å²) >= 11 is 1.53. The van der Waals surface area contributed by atoms with Crippen LogP contribution in [-0.2, 0) is 0 Å². The van der Waals surface area contributed by atoms with E-state index in [-0.39, 0.29) is 0 Å². The maximum atomic E-state index is 6.24. The number of ether oxygens (including phenoxy) is 2. The second-order valence-corrected chi connectivity index (χ2v) is 8.98. The van der Waals surface area contributed by atoms with Crippen molar-refractivity contribution in [3.63, 3.8) is 0 Å². The Balaban J connectivity index is 1.47. The predicted molar refractivity (Wildman–Crippen MR) is 141 cm³/mol. The van der Waals surface area contributed by atoms with Crippen molar-refractivity contribution in [3.05, 3.63) is 121 Å². The highest BCUT2D eigenvalue weighted by Gasteiger charge is 2.16. The molecule has 0 aliphatic heterocycles. The Labute approximate surface area is 207 Å². The molecule has 0 spiro atoms. The topological polar surface area (TPSA) is 44.2 Å². The Bertz CT molecular complexity index is 1500. The summed E-state index contributed by atoms with van der Waals surface area (Å²) in [6.45, 7) is 0. The zero-order chi connectivity index (χ0) is 23.5. The second-order valence-electron chi connectivity index (χ2n) is 7.90. The van der Waals surface area contributed by atoms with E-state index in [0.29, 0.717) is 11.8 Å². The Morgan fingerprint density at radius 3 is 1.31 bits per heavy atom. The van der Waals surface area contributed by atoms with Gasteiger partial charge in [-0.1, -0.05) is 84.6 Å². The lowest BCUT2D eigenvalue weighted by Gasteiger charge is -2.14. The van der Waals surface area contributed by atoms with Gasteiger partial charge in [-0.25, -0.2) is 9.97 Å². The molecule has 0 radical (unpaired) electrons. The average molecular weight is 473 g/mol. The largest absolute Gasteiger partial charge is 0.438 e. The molecule has 0 bridgehead atoms. The summed E-state index contributed by atoms with van der Waals surface area (Å²) in [4.78, 5) is 11.4. The lowest BCUT2D eigenvalue weighted by atomic mass is 10.2. The summed E-state index contributed by atoms with van der Waals surface area (Å²) in [5.41, 5.74) is 1.75. The lowest BCUT2D eigenvalue weighted by molar-refractivity contribution is 0.450. The van der Waals surface area contributed by atoms with Gasteiger partial charge in [0.25, 0.3) is 0 Å². The van der Waals surface area contributed by atoms with E-state index in [4.69, 9.17) is 19.4 Å². The molecule has 0 atom stereocenters. The third-order valence-electron chi connectivity index (χ3n) is 5.45. The van der Waals surface area contributed by atoms with Gasteiger partial charge in [-0.2, -0.15) is 0 Å². The molecular formula is C30H20N2O2S. The van der Waals surface area contributed by atoms with Crippen LogP contribution in [0.4, 0.5) is 0 Å². The zero-order valence-electron chi connectivity index (χ0n) is 18.7. The normalized spacial score (nSPS) is 11.0. The molecule has 0 N–H and O–H groups in total. The van der Waals surface area contributed by atoms with E-state index in [0.717, 1.165) is 43.1 Å². The highest BCUT2D eigenvalue weighted by atomic mass is 32.2. The van der Waals surface area contributed by atoms with Crippen molar-refractivity contribution >= 4 is 33.6 Å². The molecule has 168 valence electrons. The summed E-state index contributed by atoms with van der Waals surface area (Å²) in [6, 6.07) is 39.7. The third-order valence-corrected chi connectivity index (χ3v) is 6.47. The molecule has 2 heterocycles. The summed E-state index contributed by atoms with van der Waals surface area (Å²) < 4.78 is 12.5. The quantitative estimate of drug-likeness (QED) is 0.243. The van der Waals surface area contributed by atoms with Gasteiger partial charge in [0.15, 0.2) is 0 Å². The number of hydrogen-bond donors (Lipinski definition) is 0. The minimum absolute atomic E-state index is 0.540. The third kappa shape index (κ3) is 4.67. The minimum atomic E-state index is 0.540. The molecule has 0 saturated heterocycles. The van der Waals surface area contributed by atoms with E-state index in [1.807, 2.05) is 97.1 Å². The molecule has 2 aromatic heterocycles. The van der Waals surface area contributed by atoms with Crippen molar-refractivity contribution < 1.29 is 9.47 Å². The predicted octanol–water partition coefficient (Wildman–Crippen LogP) is 8.52. The first-order valence-electron chi connectivity index (χ1n) is 11.2. The smallest absolute Gasteiger partial charge is 0.233 e. The standard InChI is InChI=1S/C30H20N2O2S/c1-3-13-23(14-4-1)33-29-27(19-21-11-7-9-17-25(21)31-29)35-28-20-22-12-8-10-18-26(22)32-30(28)34-24-15-5-2-6-16-24/h1-20H. The molecule has 0 aliphatic carbocycles. The Kier molecular flexibility index (Phi) is 5.75. The van der Waals surface area contributed by atoms with E-state index in [2.05, 4.69) is 24.3 Å². The average Bonchev–Trinajstić information content (AvgIpc) is 2.90. The fourth-order valence-corrected chi connectivity index (χ4v) is 4.73. The Morgan fingerprint density at radius 2 is 0.857 bits per heavy atom. The molecule has 0 aliphatic rings. The molecule has 6 aromatic rings. The van der Waals surface area contributed by atoms with Crippen LogP contribution < -0.4 is 9.47 Å². The molecule has 6 rings (SSSR count). The van der Waals surface area contributed by atoms with Crippen LogP contribution in [0.15, 0.2) is 131 Å². The maximum Gasteiger partial charge on any atom is 0.233 e. The number of fused-ring (bicyclic) bond motifs is 2. The van der Waals surface area contributed by atoms with Gasteiger partial charge in [-0.15, -0.1) is 0 Å². The summed E-state index contributed by atoms with van der Waals surface area (Å²) in [6.07, 6.45) is 0. The molecule has 5 heteroatoms.